The molecule has 94 valence electrons. The second-order valence-electron chi connectivity index (χ2n) is 3.53. The van der Waals surface area contributed by atoms with E-state index in [1.165, 1.54) is 0 Å². The second kappa shape index (κ2) is 6.56. The van der Waals surface area contributed by atoms with Crippen LogP contribution in [0.2, 0.25) is 0 Å². The summed E-state index contributed by atoms with van der Waals surface area (Å²) in [4.78, 5) is 7.94. The lowest BCUT2D eigenvalue weighted by molar-refractivity contribution is 0.233. The smallest absolute Gasteiger partial charge is 0.321 e. The molecule has 0 radical (unpaired) electrons. The zero-order valence-electron chi connectivity index (χ0n) is 9.82. The van der Waals surface area contributed by atoms with Gasteiger partial charge in [-0.1, -0.05) is 6.07 Å². The fraction of sp³-hybridized carbons (Fsp3) is 0.231. The monoisotopic (exact) mass is 246 g/mol. The van der Waals surface area contributed by atoms with Gasteiger partial charge in [-0.15, -0.1) is 0 Å². The highest BCUT2D eigenvalue weighted by atomic mass is 16.5. The molecule has 0 aliphatic carbocycles. The van der Waals surface area contributed by atoms with Crippen LogP contribution in [0.3, 0.4) is 0 Å². The molecule has 1 heterocycles. The number of hydrogen-bond donors (Lipinski definition) is 1. The minimum atomic E-state index is 0.119. The number of ether oxygens (including phenoxy) is 2. The Morgan fingerprint density at radius 3 is 2.61 bits per heavy atom. The maximum absolute atomic E-state index is 8.67. The minimum Gasteiger partial charge on any atom is -0.493 e. The van der Waals surface area contributed by atoms with Crippen molar-refractivity contribution in [1.29, 1.82) is 0 Å². The third kappa shape index (κ3) is 3.71. The predicted molar refractivity (Wildman–Crippen MR) is 65.7 cm³/mol. The number of rotatable bonds is 6. The molecule has 0 aliphatic rings. The Kier molecular flexibility index (Phi) is 4.49. The van der Waals surface area contributed by atoms with Crippen LogP contribution in [0, 0.1) is 0 Å². The predicted octanol–water partition coefficient (Wildman–Crippen LogP) is 2.03. The highest BCUT2D eigenvalue weighted by Crippen LogP contribution is 2.22. The first-order valence-electron chi connectivity index (χ1n) is 5.67. The largest absolute Gasteiger partial charge is 0.493 e. The fourth-order valence-corrected chi connectivity index (χ4v) is 1.33. The number of hydrogen-bond acceptors (Lipinski definition) is 5. The van der Waals surface area contributed by atoms with Crippen molar-refractivity contribution in [1.82, 2.24) is 9.97 Å². The Morgan fingerprint density at radius 2 is 1.83 bits per heavy atom. The number of aromatic nitrogens is 2. The average molecular weight is 246 g/mol. The Morgan fingerprint density at radius 1 is 1.06 bits per heavy atom. The van der Waals surface area contributed by atoms with Crippen molar-refractivity contribution >= 4 is 0 Å². The molecule has 0 spiro atoms. The summed E-state index contributed by atoms with van der Waals surface area (Å²) in [5.74, 6) is 1.31. The third-order valence-electron chi connectivity index (χ3n) is 2.13. The van der Waals surface area contributed by atoms with E-state index >= 15 is 0 Å². The van der Waals surface area contributed by atoms with E-state index in [1.807, 2.05) is 12.1 Å². The molecule has 0 saturated heterocycles. The van der Waals surface area contributed by atoms with E-state index in [0.29, 0.717) is 30.5 Å². The molecule has 0 fully saturated rings. The molecule has 0 amide bonds. The lowest BCUT2D eigenvalue weighted by atomic mass is 10.3. The van der Waals surface area contributed by atoms with Gasteiger partial charge in [-0.05, 0) is 18.2 Å². The van der Waals surface area contributed by atoms with Gasteiger partial charge in [-0.2, -0.15) is 0 Å². The molecule has 2 aromatic rings. The summed E-state index contributed by atoms with van der Waals surface area (Å²) < 4.78 is 10.9. The van der Waals surface area contributed by atoms with Crippen molar-refractivity contribution in [2.45, 2.75) is 6.42 Å². The van der Waals surface area contributed by atoms with Gasteiger partial charge in [0.15, 0.2) is 0 Å². The molecule has 1 aromatic carbocycles. The van der Waals surface area contributed by atoms with Crippen LogP contribution in [0.5, 0.6) is 17.5 Å². The average Bonchev–Trinajstić information content (AvgIpc) is 2.41. The summed E-state index contributed by atoms with van der Waals surface area (Å²) in [6.45, 7) is 0.593. The van der Waals surface area contributed by atoms with E-state index in [9.17, 15) is 0 Å². The topological polar surface area (TPSA) is 64.5 Å². The summed E-state index contributed by atoms with van der Waals surface area (Å²) in [6, 6.07) is 9.23. The number of aliphatic hydroxyl groups excluding tert-OH is 1. The molecule has 0 saturated carbocycles. The molecule has 0 atom stereocenters. The van der Waals surface area contributed by atoms with Crippen LogP contribution >= 0.6 is 0 Å². The van der Waals surface area contributed by atoms with E-state index in [0.717, 1.165) is 0 Å². The van der Waals surface area contributed by atoms with Gasteiger partial charge in [-0.25, -0.2) is 9.97 Å². The van der Waals surface area contributed by atoms with Crippen molar-refractivity contribution in [3.63, 3.8) is 0 Å². The van der Waals surface area contributed by atoms with E-state index in [-0.39, 0.29) is 6.61 Å². The number of nitrogens with zero attached hydrogens (tertiary/aromatic N) is 2. The fourth-order valence-electron chi connectivity index (χ4n) is 1.33. The molecule has 0 unspecified atom stereocenters. The number of aliphatic hydroxyl groups is 1. The van der Waals surface area contributed by atoms with Crippen LogP contribution in [0.1, 0.15) is 6.42 Å². The lowest BCUT2D eigenvalue weighted by Gasteiger charge is -2.07. The summed E-state index contributed by atoms with van der Waals surface area (Å²) >= 11 is 0. The molecule has 0 bridgehead atoms. The van der Waals surface area contributed by atoms with Gasteiger partial charge >= 0.3 is 6.01 Å². The molecule has 2 rings (SSSR count). The van der Waals surface area contributed by atoms with Crippen molar-refractivity contribution < 1.29 is 14.6 Å². The van der Waals surface area contributed by atoms with Crippen molar-refractivity contribution in [3.8, 4) is 17.5 Å². The lowest BCUT2D eigenvalue weighted by Crippen LogP contribution is -1.99. The molecule has 0 aliphatic heterocycles. The Balaban J connectivity index is 1.99. The summed E-state index contributed by atoms with van der Waals surface area (Å²) in [6.07, 6.45) is 3.83. The summed E-state index contributed by atoms with van der Waals surface area (Å²) in [5, 5.41) is 8.67. The first-order chi connectivity index (χ1) is 8.88. The highest BCUT2D eigenvalue weighted by molar-refractivity contribution is 5.34. The summed E-state index contributed by atoms with van der Waals surface area (Å²) in [5.41, 5.74) is 0. The first-order valence-corrected chi connectivity index (χ1v) is 5.67. The molecule has 5 heteroatoms. The minimum absolute atomic E-state index is 0.119. The quantitative estimate of drug-likeness (QED) is 0.790. The highest BCUT2D eigenvalue weighted by Gasteiger charge is 2.01. The maximum atomic E-state index is 8.67. The van der Waals surface area contributed by atoms with Gasteiger partial charge in [0.25, 0.3) is 0 Å². The molecule has 5 nitrogen and oxygen atoms in total. The second-order valence-corrected chi connectivity index (χ2v) is 3.53. The van der Waals surface area contributed by atoms with Crippen molar-refractivity contribution in [3.05, 3.63) is 42.7 Å². The molecular weight excluding hydrogens is 232 g/mol. The van der Waals surface area contributed by atoms with E-state index in [2.05, 4.69) is 9.97 Å². The Labute approximate surface area is 105 Å². The summed E-state index contributed by atoms with van der Waals surface area (Å²) in [7, 11) is 0. The van der Waals surface area contributed by atoms with Crippen molar-refractivity contribution in [2.75, 3.05) is 13.2 Å². The number of benzene rings is 1. The van der Waals surface area contributed by atoms with Crippen LogP contribution in [0.25, 0.3) is 0 Å². The van der Waals surface area contributed by atoms with Crippen LogP contribution in [0.4, 0.5) is 0 Å². The van der Waals surface area contributed by atoms with Crippen LogP contribution in [-0.4, -0.2) is 28.3 Å². The van der Waals surface area contributed by atoms with Gasteiger partial charge in [-0.3, -0.25) is 0 Å². The standard InChI is InChI=1S/C13H14N2O3/c16-8-3-9-17-11-4-1-5-12(10-11)18-13-14-6-2-7-15-13/h1-2,4-7,10,16H,3,8-9H2. The van der Waals surface area contributed by atoms with Gasteiger partial charge < -0.3 is 14.6 Å². The molecular formula is C13H14N2O3. The molecule has 1 N–H and O–H groups in total. The SMILES string of the molecule is OCCCOc1cccc(Oc2ncccn2)c1. The van der Waals surface area contributed by atoms with E-state index in [4.69, 9.17) is 14.6 Å². The zero-order valence-corrected chi connectivity index (χ0v) is 9.82. The van der Waals surface area contributed by atoms with Gasteiger partial charge in [0, 0.05) is 31.5 Å². The van der Waals surface area contributed by atoms with Gasteiger partial charge in [0.1, 0.15) is 11.5 Å². The van der Waals surface area contributed by atoms with Crippen LogP contribution in [0.15, 0.2) is 42.7 Å². The van der Waals surface area contributed by atoms with E-state index in [1.54, 1.807) is 30.6 Å². The Hall–Kier alpha value is -2.14. The zero-order chi connectivity index (χ0) is 12.6. The van der Waals surface area contributed by atoms with Crippen LogP contribution < -0.4 is 9.47 Å². The molecule has 1 aromatic heterocycles. The maximum Gasteiger partial charge on any atom is 0.321 e. The first kappa shape index (κ1) is 12.3. The third-order valence-corrected chi connectivity index (χ3v) is 2.13. The Bertz CT molecular complexity index is 477. The molecule has 18 heavy (non-hydrogen) atoms. The van der Waals surface area contributed by atoms with Crippen molar-refractivity contribution in [2.24, 2.45) is 0 Å². The normalized spacial score (nSPS) is 10.1. The van der Waals surface area contributed by atoms with Gasteiger partial charge in [0.2, 0.25) is 0 Å². The van der Waals surface area contributed by atoms with Gasteiger partial charge in [0.05, 0.1) is 6.61 Å². The van der Waals surface area contributed by atoms with Crippen LogP contribution in [-0.2, 0) is 0 Å². The van der Waals surface area contributed by atoms with E-state index < -0.39 is 0 Å².